The second-order valence-electron chi connectivity index (χ2n) is 9.39. The number of aliphatic hydroxyl groups excluding tert-OH is 1. The quantitative estimate of drug-likeness (QED) is 0.713. The molecule has 0 heterocycles. The van der Waals surface area contributed by atoms with Crippen LogP contribution in [-0.2, 0) is 4.79 Å². The Morgan fingerprint density at radius 2 is 2.00 bits per heavy atom. The highest BCUT2D eigenvalue weighted by atomic mass is 19.2. The highest BCUT2D eigenvalue weighted by Gasteiger charge is 2.69. The highest BCUT2D eigenvalue weighted by molar-refractivity contribution is 5.91. The summed E-state index contributed by atoms with van der Waals surface area (Å²) in [5.41, 5.74) is 0.164. The van der Waals surface area contributed by atoms with Gasteiger partial charge in [0, 0.05) is 17.8 Å². The number of aliphatic hydroxyl groups is 2. The summed E-state index contributed by atoms with van der Waals surface area (Å²) in [5, 5.41) is 21.5. The third-order valence-corrected chi connectivity index (χ3v) is 8.35. The molecule has 134 valence electrons. The second kappa shape index (κ2) is 4.91. The van der Waals surface area contributed by atoms with Crippen LogP contribution in [-0.4, -0.2) is 28.0 Å². The van der Waals surface area contributed by atoms with E-state index in [0.717, 1.165) is 19.3 Å². The Hall–Kier alpha value is -0.740. The first-order chi connectivity index (χ1) is 11.1. The molecule has 0 spiro atoms. The summed E-state index contributed by atoms with van der Waals surface area (Å²) < 4.78 is 15.1. The van der Waals surface area contributed by atoms with Crippen molar-refractivity contribution >= 4 is 5.78 Å². The number of halogens is 1. The average molecular weight is 336 g/mol. The third-order valence-electron chi connectivity index (χ3n) is 8.35. The van der Waals surface area contributed by atoms with Crippen molar-refractivity contribution in [2.24, 2.45) is 34.5 Å². The average Bonchev–Trinajstić information content (AvgIpc) is 2.67. The number of allylic oxidation sites excluding steroid dienone is 1. The van der Waals surface area contributed by atoms with Crippen LogP contribution < -0.4 is 0 Å². The maximum Gasteiger partial charge on any atom is 0.215 e. The van der Waals surface area contributed by atoms with E-state index in [0.29, 0.717) is 19.3 Å². The highest BCUT2D eigenvalue weighted by Crippen LogP contribution is 2.68. The molecule has 4 aliphatic carbocycles. The molecule has 0 aliphatic heterocycles. The zero-order valence-corrected chi connectivity index (χ0v) is 14.9. The van der Waals surface area contributed by atoms with Crippen molar-refractivity contribution in [3.8, 4) is 0 Å². The van der Waals surface area contributed by atoms with Gasteiger partial charge in [-0.2, -0.15) is 0 Å². The number of carbonyl (C=O) groups is 1. The van der Waals surface area contributed by atoms with Gasteiger partial charge in [0.05, 0.1) is 6.10 Å². The minimum absolute atomic E-state index is 0.0739. The molecule has 0 aromatic carbocycles. The first-order valence-corrected chi connectivity index (χ1v) is 9.44. The van der Waals surface area contributed by atoms with E-state index in [1.165, 1.54) is 5.57 Å². The van der Waals surface area contributed by atoms with Gasteiger partial charge in [-0.1, -0.05) is 26.3 Å². The number of alkyl halides is 1. The molecule has 0 amide bonds. The number of fused-ring (bicyclic) bond motifs is 5. The van der Waals surface area contributed by atoms with E-state index in [9.17, 15) is 15.0 Å². The van der Waals surface area contributed by atoms with E-state index in [2.05, 4.69) is 6.92 Å². The first-order valence-electron chi connectivity index (χ1n) is 9.44. The van der Waals surface area contributed by atoms with Gasteiger partial charge in [0.2, 0.25) is 5.85 Å². The van der Waals surface area contributed by atoms with Crippen molar-refractivity contribution in [2.75, 3.05) is 0 Å². The lowest BCUT2D eigenvalue weighted by Crippen LogP contribution is -2.59. The monoisotopic (exact) mass is 336 g/mol. The van der Waals surface area contributed by atoms with Crippen molar-refractivity contribution in [3.63, 3.8) is 0 Å². The molecule has 0 aromatic rings. The number of ketones is 1. The van der Waals surface area contributed by atoms with Crippen molar-refractivity contribution in [2.45, 2.75) is 71.3 Å². The van der Waals surface area contributed by atoms with E-state index >= 15 is 4.39 Å². The predicted octanol–water partition coefficient (Wildman–Crippen LogP) is 3.39. The third kappa shape index (κ3) is 1.87. The van der Waals surface area contributed by atoms with Crippen LogP contribution in [0.25, 0.3) is 0 Å². The van der Waals surface area contributed by atoms with Gasteiger partial charge < -0.3 is 10.2 Å². The molecule has 4 rings (SSSR count). The van der Waals surface area contributed by atoms with E-state index in [-0.39, 0.29) is 29.0 Å². The smallest absolute Gasteiger partial charge is 0.215 e. The van der Waals surface area contributed by atoms with Crippen LogP contribution in [0.4, 0.5) is 4.39 Å². The largest absolute Gasteiger partial charge is 0.393 e. The van der Waals surface area contributed by atoms with Crippen LogP contribution in [0.1, 0.15) is 59.3 Å². The van der Waals surface area contributed by atoms with Gasteiger partial charge in [-0.3, -0.25) is 4.79 Å². The lowest BCUT2D eigenvalue weighted by atomic mass is 9.46. The summed E-state index contributed by atoms with van der Waals surface area (Å²) in [6.45, 7) is 5.81. The van der Waals surface area contributed by atoms with Crippen LogP contribution >= 0.6 is 0 Å². The molecule has 3 fully saturated rings. The Morgan fingerprint density at radius 1 is 1.29 bits per heavy atom. The summed E-state index contributed by atoms with van der Waals surface area (Å²) in [4.78, 5) is 11.8. The van der Waals surface area contributed by atoms with Crippen LogP contribution in [0.2, 0.25) is 0 Å². The Labute approximate surface area is 143 Å². The maximum absolute atomic E-state index is 15.1. The molecular weight excluding hydrogens is 307 g/mol. The molecule has 0 bridgehead atoms. The van der Waals surface area contributed by atoms with E-state index < -0.39 is 23.3 Å². The molecule has 4 aliphatic rings. The fourth-order valence-corrected chi connectivity index (χ4v) is 6.97. The molecule has 0 aromatic heterocycles. The number of hydrogen-bond acceptors (Lipinski definition) is 3. The lowest BCUT2D eigenvalue weighted by molar-refractivity contribution is -0.233. The SMILES string of the molecule is CC1C[C@H]2[C@@H]3CCC4=CC(=O)CC[C@]4(C)[C@@H]3C(O)C[C@]2(C)C1(O)F. The van der Waals surface area contributed by atoms with Gasteiger partial charge >= 0.3 is 0 Å². The van der Waals surface area contributed by atoms with Gasteiger partial charge in [0.25, 0.3) is 0 Å². The Balaban J connectivity index is 1.76. The second-order valence-corrected chi connectivity index (χ2v) is 9.39. The van der Waals surface area contributed by atoms with Crippen LogP contribution in [0, 0.1) is 34.5 Å². The maximum atomic E-state index is 15.1. The summed E-state index contributed by atoms with van der Waals surface area (Å²) in [5.74, 6) is -2.00. The standard InChI is InChI=1S/C20H29FO3/c1-11-8-15-14-5-4-12-9-13(22)6-7-18(12,2)17(14)16(23)10-19(15,3)20(11,21)24/h9,11,14-17,23-24H,4-8,10H2,1-3H3/t11?,14-,15-,16?,17-,18-,19-,20?/m0/s1. The fourth-order valence-electron chi connectivity index (χ4n) is 6.97. The predicted molar refractivity (Wildman–Crippen MR) is 88.7 cm³/mol. The van der Waals surface area contributed by atoms with Gasteiger partial charge in [0.15, 0.2) is 5.78 Å². The normalized spacial score (nSPS) is 57.0. The molecule has 3 saturated carbocycles. The summed E-state index contributed by atoms with van der Waals surface area (Å²) in [6, 6.07) is 0. The topological polar surface area (TPSA) is 57.5 Å². The lowest BCUT2D eigenvalue weighted by Gasteiger charge is -2.59. The van der Waals surface area contributed by atoms with Gasteiger partial charge in [-0.15, -0.1) is 0 Å². The first kappa shape index (κ1) is 16.7. The van der Waals surface area contributed by atoms with Crippen molar-refractivity contribution < 1.29 is 19.4 Å². The van der Waals surface area contributed by atoms with Crippen LogP contribution in [0.3, 0.4) is 0 Å². The molecule has 8 atom stereocenters. The van der Waals surface area contributed by atoms with Crippen LogP contribution in [0.5, 0.6) is 0 Å². The minimum atomic E-state index is -2.21. The zero-order valence-electron chi connectivity index (χ0n) is 14.9. The fraction of sp³-hybridized carbons (Fsp3) is 0.850. The Kier molecular flexibility index (Phi) is 3.42. The molecule has 3 nitrogen and oxygen atoms in total. The Morgan fingerprint density at radius 3 is 2.71 bits per heavy atom. The molecule has 24 heavy (non-hydrogen) atoms. The number of carbonyl (C=O) groups excluding carboxylic acids is 1. The van der Waals surface area contributed by atoms with Crippen LogP contribution in [0.15, 0.2) is 11.6 Å². The summed E-state index contributed by atoms with van der Waals surface area (Å²) in [7, 11) is 0. The number of hydrogen-bond donors (Lipinski definition) is 2. The van der Waals surface area contributed by atoms with Gasteiger partial charge in [0.1, 0.15) is 0 Å². The van der Waals surface area contributed by atoms with E-state index in [1.807, 2.05) is 13.0 Å². The zero-order chi connectivity index (χ0) is 17.5. The molecule has 0 saturated heterocycles. The van der Waals surface area contributed by atoms with Crippen molar-refractivity contribution in [1.82, 2.24) is 0 Å². The van der Waals surface area contributed by atoms with Crippen molar-refractivity contribution in [1.29, 1.82) is 0 Å². The summed E-state index contributed by atoms with van der Waals surface area (Å²) >= 11 is 0. The molecule has 0 radical (unpaired) electrons. The van der Waals surface area contributed by atoms with E-state index in [4.69, 9.17) is 0 Å². The van der Waals surface area contributed by atoms with Gasteiger partial charge in [-0.25, -0.2) is 4.39 Å². The summed E-state index contributed by atoms with van der Waals surface area (Å²) in [6.07, 6.45) is 5.27. The molecular formula is C20H29FO3. The van der Waals surface area contributed by atoms with Gasteiger partial charge in [-0.05, 0) is 61.3 Å². The molecule has 2 N–H and O–H groups in total. The minimum Gasteiger partial charge on any atom is -0.393 e. The van der Waals surface area contributed by atoms with Crippen molar-refractivity contribution in [3.05, 3.63) is 11.6 Å². The van der Waals surface area contributed by atoms with E-state index in [1.54, 1.807) is 6.92 Å². The Bertz CT molecular complexity index is 612. The molecule has 3 unspecified atom stereocenters. The molecule has 4 heteroatoms. The number of rotatable bonds is 0.